The lowest BCUT2D eigenvalue weighted by Crippen LogP contribution is -2.19. The van der Waals surface area contributed by atoms with Crippen LogP contribution in [0, 0.1) is 0 Å². The van der Waals surface area contributed by atoms with Crippen LogP contribution in [0.25, 0.3) is 0 Å². The van der Waals surface area contributed by atoms with Crippen molar-refractivity contribution in [2.75, 3.05) is 16.0 Å². The van der Waals surface area contributed by atoms with E-state index in [0.717, 1.165) is 0 Å². The highest BCUT2D eigenvalue weighted by atomic mass is 16.5. The molecule has 0 saturated carbocycles. The molecular formula is C19H17N5O3. The second kappa shape index (κ2) is 8.43. The molecule has 3 amide bonds. The van der Waals surface area contributed by atoms with Gasteiger partial charge in [0.05, 0.1) is 0 Å². The van der Waals surface area contributed by atoms with Gasteiger partial charge in [-0.05, 0) is 36.4 Å². The minimum atomic E-state index is -0.342. The molecule has 0 spiro atoms. The highest BCUT2D eigenvalue weighted by Gasteiger charge is 2.05. The van der Waals surface area contributed by atoms with Crippen LogP contribution in [0.4, 0.5) is 22.0 Å². The Morgan fingerprint density at radius 2 is 1.52 bits per heavy atom. The standard InChI is InChI=1S/C19H17N5O3/c1-13(25)22-17-11-18(21-12-20-17)27-16-9-7-15(8-10-16)24-19(26)23-14-5-3-2-4-6-14/h2-12H,1H3,(H2,23,24,26)(H,20,21,22,25). The number of nitrogens with one attached hydrogen (secondary N) is 3. The van der Waals surface area contributed by atoms with Crippen LogP contribution in [0.2, 0.25) is 0 Å². The molecule has 1 aromatic heterocycles. The molecule has 0 saturated heterocycles. The van der Waals surface area contributed by atoms with Crippen molar-refractivity contribution in [3.63, 3.8) is 0 Å². The minimum Gasteiger partial charge on any atom is -0.439 e. The number of urea groups is 1. The fourth-order valence-electron chi connectivity index (χ4n) is 2.19. The van der Waals surface area contributed by atoms with Gasteiger partial charge < -0.3 is 20.7 Å². The van der Waals surface area contributed by atoms with Gasteiger partial charge >= 0.3 is 6.03 Å². The summed E-state index contributed by atoms with van der Waals surface area (Å²) in [7, 11) is 0. The van der Waals surface area contributed by atoms with Gasteiger partial charge in [-0.2, -0.15) is 0 Å². The maximum atomic E-state index is 12.0. The summed E-state index contributed by atoms with van der Waals surface area (Å²) in [6.07, 6.45) is 1.30. The third-order valence-electron chi connectivity index (χ3n) is 3.31. The molecule has 1 heterocycles. The SMILES string of the molecule is CC(=O)Nc1cc(Oc2ccc(NC(=O)Nc3ccccc3)cc2)ncn1. The van der Waals surface area contributed by atoms with E-state index >= 15 is 0 Å². The number of para-hydroxylation sites is 1. The van der Waals surface area contributed by atoms with Crippen LogP contribution in [0.15, 0.2) is 67.0 Å². The lowest BCUT2D eigenvalue weighted by Gasteiger charge is -2.09. The van der Waals surface area contributed by atoms with E-state index in [-0.39, 0.29) is 17.8 Å². The lowest BCUT2D eigenvalue weighted by atomic mass is 10.3. The number of aromatic nitrogens is 2. The number of benzene rings is 2. The van der Waals surface area contributed by atoms with E-state index in [1.165, 1.54) is 19.3 Å². The monoisotopic (exact) mass is 363 g/mol. The number of carbonyl (C=O) groups is 2. The molecule has 136 valence electrons. The Kier molecular flexibility index (Phi) is 5.58. The summed E-state index contributed by atoms with van der Waals surface area (Å²) in [5, 5.41) is 8.02. The van der Waals surface area contributed by atoms with Gasteiger partial charge in [-0.3, -0.25) is 4.79 Å². The normalized spacial score (nSPS) is 9.96. The van der Waals surface area contributed by atoms with Gasteiger partial charge in [0.2, 0.25) is 11.8 Å². The molecule has 8 nitrogen and oxygen atoms in total. The lowest BCUT2D eigenvalue weighted by molar-refractivity contribution is -0.114. The fraction of sp³-hybridized carbons (Fsp3) is 0.0526. The zero-order chi connectivity index (χ0) is 19.1. The Morgan fingerprint density at radius 1 is 0.852 bits per heavy atom. The first kappa shape index (κ1) is 17.9. The van der Waals surface area contributed by atoms with E-state index in [1.54, 1.807) is 36.4 Å². The Morgan fingerprint density at radius 3 is 2.19 bits per heavy atom. The molecule has 3 rings (SSSR count). The van der Waals surface area contributed by atoms with Crippen LogP contribution in [0.3, 0.4) is 0 Å². The van der Waals surface area contributed by atoms with Crippen LogP contribution in [0.1, 0.15) is 6.92 Å². The van der Waals surface area contributed by atoms with Crippen LogP contribution in [0.5, 0.6) is 11.6 Å². The molecule has 0 bridgehead atoms. The largest absolute Gasteiger partial charge is 0.439 e. The summed E-state index contributed by atoms with van der Waals surface area (Å²) >= 11 is 0. The number of hydrogen-bond acceptors (Lipinski definition) is 5. The smallest absolute Gasteiger partial charge is 0.323 e. The van der Waals surface area contributed by atoms with E-state index in [2.05, 4.69) is 25.9 Å². The molecule has 0 atom stereocenters. The molecule has 27 heavy (non-hydrogen) atoms. The fourth-order valence-corrected chi connectivity index (χ4v) is 2.19. The third-order valence-corrected chi connectivity index (χ3v) is 3.31. The molecule has 8 heteroatoms. The molecular weight excluding hydrogens is 346 g/mol. The number of ether oxygens (including phenoxy) is 1. The van der Waals surface area contributed by atoms with Crippen LogP contribution < -0.4 is 20.7 Å². The summed E-state index contributed by atoms with van der Waals surface area (Å²) in [6, 6.07) is 17.1. The Balaban J connectivity index is 1.58. The highest BCUT2D eigenvalue weighted by Crippen LogP contribution is 2.22. The van der Waals surface area contributed by atoms with E-state index < -0.39 is 0 Å². The van der Waals surface area contributed by atoms with Crippen molar-refractivity contribution in [1.29, 1.82) is 0 Å². The Hall–Kier alpha value is -3.94. The third kappa shape index (κ3) is 5.53. The molecule has 0 aliphatic carbocycles. The molecule has 3 aromatic rings. The molecule has 2 aromatic carbocycles. The van der Waals surface area contributed by atoms with Crippen LogP contribution in [-0.4, -0.2) is 21.9 Å². The number of anilines is 3. The zero-order valence-electron chi connectivity index (χ0n) is 14.5. The predicted molar refractivity (Wildman–Crippen MR) is 102 cm³/mol. The first-order chi connectivity index (χ1) is 13.1. The molecule has 3 N–H and O–H groups in total. The van der Waals surface area contributed by atoms with Crippen molar-refractivity contribution in [3.8, 4) is 11.6 Å². The van der Waals surface area contributed by atoms with Crippen LogP contribution in [-0.2, 0) is 4.79 Å². The summed E-state index contributed by atoms with van der Waals surface area (Å²) in [5.41, 5.74) is 1.31. The van der Waals surface area contributed by atoms with Crippen molar-refractivity contribution in [2.45, 2.75) is 6.92 Å². The van der Waals surface area contributed by atoms with Gasteiger partial charge in [0.1, 0.15) is 17.9 Å². The number of nitrogens with zero attached hydrogens (tertiary/aromatic N) is 2. The maximum Gasteiger partial charge on any atom is 0.323 e. The molecule has 0 radical (unpaired) electrons. The van der Waals surface area contributed by atoms with Gasteiger partial charge in [0, 0.05) is 24.4 Å². The van der Waals surface area contributed by atoms with Crippen molar-refractivity contribution < 1.29 is 14.3 Å². The van der Waals surface area contributed by atoms with Gasteiger partial charge in [-0.25, -0.2) is 14.8 Å². The average Bonchev–Trinajstić information content (AvgIpc) is 2.64. The summed E-state index contributed by atoms with van der Waals surface area (Å²) in [5.74, 6) is 0.931. The van der Waals surface area contributed by atoms with Gasteiger partial charge in [-0.1, -0.05) is 18.2 Å². The minimum absolute atomic E-state index is 0.233. The van der Waals surface area contributed by atoms with Crippen molar-refractivity contribution in [1.82, 2.24) is 9.97 Å². The van der Waals surface area contributed by atoms with E-state index in [4.69, 9.17) is 4.74 Å². The summed E-state index contributed by atoms with van der Waals surface area (Å²) in [4.78, 5) is 31.0. The van der Waals surface area contributed by atoms with Crippen molar-refractivity contribution >= 4 is 29.1 Å². The number of amides is 3. The quantitative estimate of drug-likeness (QED) is 0.638. The summed E-state index contributed by atoms with van der Waals surface area (Å²) in [6.45, 7) is 1.39. The maximum absolute atomic E-state index is 12.0. The van der Waals surface area contributed by atoms with Crippen molar-refractivity contribution in [2.24, 2.45) is 0 Å². The predicted octanol–water partition coefficient (Wildman–Crippen LogP) is 3.87. The Labute approximate surface area is 155 Å². The molecule has 0 aliphatic heterocycles. The first-order valence-corrected chi connectivity index (χ1v) is 8.09. The summed E-state index contributed by atoms with van der Waals surface area (Å²) < 4.78 is 5.63. The highest BCUT2D eigenvalue weighted by molar-refractivity contribution is 5.99. The second-order valence-corrected chi connectivity index (χ2v) is 5.49. The van der Waals surface area contributed by atoms with Gasteiger partial charge in [0.25, 0.3) is 0 Å². The van der Waals surface area contributed by atoms with Gasteiger partial charge in [0.15, 0.2) is 0 Å². The Bertz CT molecular complexity index is 930. The number of carbonyl (C=O) groups excluding carboxylic acids is 2. The van der Waals surface area contributed by atoms with Crippen molar-refractivity contribution in [3.05, 3.63) is 67.0 Å². The number of rotatable bonds is 5. The number of hydrogen-bond donors (Lipinski definition) is 3. The average molecular weight is 363 g/mol. The van der Waals surface area contributed by atoms with Crippen LogP contribution >= 0.6 is 0 Å². The zero-order valence-corrected chi connectivity index (χ0v) is 14.5. The van der Waals surface area contributed by atoms with E-state index in [1.807, 2.05) is 18.2 Å². The first-order valence-electron chi connectivity index (χ1n) is 8.09. The topological polar surface area (TPSA) is 105 Å². The molecule has 0 fully saturated rings. The molecule has 0 unspecified atom stereocenters. The van der Waals surface area contributed by atoms with Gasteiger partial charge in [-0.15, -0.1) is 0 Å². The molecule has 0 aliphatic rings. The second-order valence-electron chi connectivity index (χ2n) is 5.49. The van der Waals surface area contributed by atoms with E-state index in [0.29, 0.717) is 22.9 Å². The van der Waals surface area contributed by atoms with E-state index in [9.17, 15) is 9.59 Å².